The van der Waals surface area contributed by atoms with Crippen molar-refractivity contribution in [1.29, 1.82) is 0 Å². The van der Waals surface area contributed by atoms with E-state index < -0.39 is 0 Å². The summed E-state index contributed by atoms with van der Waals surface area (Å²) in [5.74, 6) is 0.959. The Labute approximate surface area is 106 Å². The van der Waals surface area contributed by atoms with Crippen molar-refractivity contribution in [2.45, 2.75) is 13.3 Å². The van der Waals surface area contributed by atoms with E-state index in [1.807, 2.05) is 12.1 Å². The minimum absolute atomic E-state index is 0.874. The van der Waals surface area contributed by atoms with Crippen molar-refractivity contribution in [2.24, 2.45) is 0 Å². The van der Waals surface area contributed by atoms with Crippen LogP contribution in [0.4, 0.5) is 11.5 Å². The summed E-state index contributed by atoms with van der Waals surface area (Å²) in [5.41, 5.74) is 4.56. The second-order valence-corrected chi connectivity index (χ2v) is 4.30. The number of hydrogen-bond acceptors (Lipinski definition) is 4. The summed E-state index contributed by atoms with van der Waals surface area (Å²) in [5, 5.41) is 6.76. The van der Waals surface area contributed by atoms with Crippen LogP contribution < -0.4 is 10.6 Å². The van der Waals surface area contributed by atoms with Crippen molar-refractivity contribution < 1.29 is 0 Å². The Hall–Kier alpha value is -2.10. The van der Waals surface area contributed by atoms with Crippen LogP contribution in [0.5, 0.6) is 0 Å². The molecule has 0 saturated heterocycles. The Morgan fingerprint density at radius 1 is 1.28 bits per heavy atom. The molecular weight excluding hydrogens is 224 g/mol. The molecule has 0 spiro atoms. The molecule has 0 radical (unpaired) electrons. The second-order valence-electron chi connectivity index (χ2n) is 4.30. The largest absolute Gasteiger partial charge is 0.384 e. The fourth-order valence-corrected chi connectivity index (χ4v) is 2.37. The van der Waals surface area contributed by atoms with Crippen LogP contribution in [0.2, 0.25) is 0 Å². The molecule has 18 heavy (non-hydrogen) atoms. The highest BCUT2D eigenvalue weighted by Gasteiger charge is 2.18. The molecule has 0 unspecified atom stereocenters. The maximum Gasteiger partial charge on any atom is 0.133 e. The molecule has 2 heterocycles. The summed E-state index contributed by atoms with van der Waals surface area (Å²) in [6.45, 7) is 3.87. The quantitative estimate of drug-likeness (QED) is 0.847. The van der Waals surface area contributed by atoms with Gasteiger partial charge in [-0.15, -0.1) is 0 Å². The summed E-state index contributed by atoms with van der Waals surface area (Å²) in [6.07, 6.45) is 2.58. The maximum atomic E-state index is 4.47. The van der Waals surface area contributed by atoms with Crippen molar-refractivity contribution in [2.75, 3.05) is 23.7 Å². The lowest BCUT2D eigenvalue weighted by Crippen LogP contribution is -2.08. The molecule has 0 bridgehead atoms. The van der Waals surface area contributed by atoms with E-state index in [4.69, 9.17) is 0 Å². The molecule has 3 rings (SSSR count). The van der Waals surface area contributed by atoms with Crippen LogP contribution in [0.1, 0.15) is 12.5 Å². The molecule has 2 aromatic rings. The number of nitrogens with zero attached hydrogens (tertiary/aromatic N) is 2. The first-order valence-electron chi connectivity index (χ1n) is 6.31. The monoisotopic (exact) mass is 240 g/mol. The molecule has 1 aromatic heterocycles. The van der Waals surface area contributed by atoms with Crippen LogP contribution in [0.15, 0.2) is 30.6 Å². The topological polar surface area (TPSA) is 49.8 Å². The standard InChI is InChI=1S/C14H16N4/c1-2-15-14-11-7-8-16-12-6-4-3-5-10(12)13(11)17-9-18-14/h3-6,9,16H,2,7-8H2,1H3,(H,15,17,18). The highest BCUT2D eigenvalue weighted by molar-refractivity contribution is 5.80. The predicted octanol–water partition coefficient (Wildman–Crippen LogP) is 2.54. The molecule has 0 saturated carbocycles. The first-order valence-corrected chi connectivity index (χ1v) is 6.31. The molecular formula is C14H16N4. The summed E-state index contributed by atoms with van der Waals surface area (Å²) in [4.78, 5) is 8.82. The molecule has 4 nitrogen and oxygen atoms in total. The van der Waals surface area contributed by atoms with Gasteiger partial charge in [-0.25, -0.2) is 9.97 Å². The Morgan fingerprint density at radius 2 is 2.17 bits per heavy atom. The Balaban J connectivity index is 2.18. The summed E-state index contributed by atoms with van der Waals surface area (Å²) < 4.78 is 0. The van der Waals surface area contributed by atoms with Crippen molar-refractivity contribution in [3.63, 3.8) is 0 Å². The van der Waals surface area contributed by atoms with Gasteiger partial charge in [0.15, 0.2) is 0 Å². The van der Waals surface area contributed by atoms with Crippen LogP contribution in [0.3, 0.4) is 0 Å². The third-order valence-electron chi connectivity index (χ3n) is 3.16. The van der Waals surface area contributed by atoms with Crippen molar-refractivity contribution in [3.05, 3.63) is 36.2 Å². The zero-order valence-electron chi connectivity index (χ0n) is 10.4. The number of rotatable bonds is 2. The summed E-state index contributed by atoms with van der Waals surface area (Å²) in [6, 6.07) is 8.29. The highest BCUT2D eigenvalue weighted by Crippen LogP contribution is 2.33. The van der Waals surface area contributed by atoms with Crippen LogP contribution in [0, 0.1) is 0 Å². The number of nitrogens with one attached hydrogen (secondary N) is 2. The van der Waals surface area contributed by atoms with Crippen molar-refractivity contribution >= 4 is 11.5 Å². The van der Waals surface area contributed by atoms with Gasteiger partial charge in [0.25, 0.3) is 0 Å². The van der Waals surface area contributed by atoms with Crippen molar-refractivity contribution in [1.82, 2.24) is 9.97 Å². The SMILES string of the molecule is CCNc1ncnc2c1CCNc1ccccc1-2. The Kier molecular flexibility index (Phi) is 2.84. The van der Waals surface area contributed by atoms with Gasteiger partial charge in [-0.2, -0.15) is 0 Å². The van der Waals surface area contributed by atoms with Gasteiger partial charge in [-0.05, 0) is 19.4 Å². The third-order valence-corrected chi connectivity index (χ3v) is 3.16. The molecule has 0 aliphatic carbocycles. The number of para-hydroxylation sites is 1. The van der Waals surface area contributed by atoms with Gasteiger partial charge in [0.05, 0.1) is 5.69 Å². The Bertz CT molecular complexity index is 565. The minimum Gasteiger partial charge on any atom is -0.384 e. The second kappa shape index (κ2) is 4.64. The molecule has 1 aromatic carbocycles. The molecule has 0 amide bonds. The van der Waals surface area contributed by atoms with Crippen molar-refractivity contribution in [3.8, 4) is 11.3 Å². The van der Waals surface area contributed by atoms with E-state index in [2.05, 4.69) is 39.7 Å². The molecule has 1 aliphatic heterocycles. The number of anilines is 2. The van der Waals surface area contributed by atoms with Gasteiger partial charge in [0.2, 0.25) is 0 Å². The van der Waals surface area contributed by atoms with Gasteiger partial charge in [0.1, 0.15) is 12.1 Å². The molecule has 0 fully saturated rings. The number of benzene rings is 1. The van der Waals surface area contributed by atoms with E-state index in [-0.39, 0.29) is 0 Å². The lowest BCUT2D eigenvalue weighted by Gasteiger charge is -2.11. The fourth-order valence-electron chi connectivity index (χ4n) is 2.37. The van der Waals surface area contributed by atoms with E-state index in [0.29, 0.717) is 0 Å². The smallest absolute Gasteiger partial charge is 0.133 e. The zero-order valence-corrected chi connectivity index (χ0v) is 10.4. The maximum absolute atomic E-state index is 4.47. The fraction of sp³-hybridized carbons (Fsp3) is 0.286. The number of aromatic nitrogens is 2. The van der Waals surface area contributed by atoms with Gasteiger partial charge in [-0.1, -0.05) is 18.2 Å². The van der Waals surface area contributed by atoms with Crippen LogP contribution >= 0.6 is 0 Å². The zero-order chi connectivity index (χ0) is 12.4. The van der Waals surface area contributed by atoms with E-state index in [1.165, 1.54) is 5.56 Å². The number of fused-ring (bicyclic) bond motifs is 3. The van der Waals surface area contributed by atoms with Gasteiger partial charge in [-0.3, -0.25) is 0 Å². The highest BCUT2D eigenvalue weighted by atomic mass is 15.0. The van der Waals surface area contributed by atoms with E-state index in [0.717, 1.165) is 42.3 Å². The average molecular weight is 240 g/mol. The molecule has 92 valence electrons. The first kappa shape index (κ1) is 11.0. The normalized spacial score (nSPS) is 12.9. The summed E-state index contributed by atoms with van der Waals surface area (Å²) >= 11 is 0. The van der Waals surface area contributed by atoms with E-state index >= 15 is 0 Å². The van der Waals surface area contributed by atoms with Gasteiger partial charge >= 0.3 is 0 Å². The molecule has 1 aliphatic rings. The third kappa shape index (κ3) is 1.79. The predicted molar refractivity (Wildman–Crippen MR) is 73.8 cm³/mol. The van der Waals surface area contributed by atoms with Crippen LogP contribution in [0.25, 0.3) is 11.3 Å². The molecule has 4 heteroatoms. The molecule has 2 N–H and O–H groups in total. The summed E-state index contributed by atoms with van der Waals surface area (Å²) in [7, 11) is 0. The van der Waals surface area contributed by atoms with E-state index in [1.54, 1.807) is 6.33 Å². The lowest BCUT2D eigenvalue weighted by atomic mass is 10.0. The first-order chi connectivity index (χ1) is 8.90. The van der Waals surface area contributed by atoms with Gasteiger partial charge < -0.3 is 10.6 Å². The van der Waals surface area contributed by atoms with Gasteiger partial charge in [0, 0.05) is 29.9 Å². The average Bonchev–Trinajstić information content (AvgIpc) is 2.59. The minimum atomic E-state index is 0.874. The van der Waals surface area contributed by atoms with Crippen LogP contribution in [-0.4, -0.2) is 23.1 Å². The Morgan fingerprint density at radius 3 is 3.06 bits per heavy atom. The lowest BCUT2D eigenvalue weighted by molar-refractivity contribution is 0.990. The number of hydrogen-bond donors (Lipinski definition) is 2. The van der Waals surface area contributed by atoms with Crippen LogP contribution in [-0.2, 0) is 6.42 Å². The van der Waals surface area contributed by atoms with E-state index in [9.17, 15) is 0 Å². The molecule has 0 atom stereocenters.